The van der Waals surface area contributed by atoms with Crippen molar-refractivity contribution in [2.75, 3.05) is 5.43 Å². The zero-order valence-corrected chi connectivity index (χ0v) is 9.18. The van der Waals surface area contributed by atoms with Crippen LogP contribution in [0.3, 0.4) is 0 Å². The monoisotopic (exact) mass is 227 g/mol. The number of carbonyl (C=O) groups excluding carboxylic acids is 1. The number of benzene rings is 2. The van der Waals surface area contributed by atoms with Crippen LogP contribution in [-0.2, 0) is 0 Å². The predicted molar refractivity (Wildman–Crippen MR) is 67.1 cm³/mol. The fourth-order valence-electron chi connectivity index (χ4n) is 1.34. The molecule has 4 heteroatoms. The lowest BCUT2D eigenvalue weighted by Crippen LogP contribution is -2.41. The SMILES string of the molecule is O=C(NNNc1ccccc1)c1ccccc1. The Morgan fingerprint density at radius 3 is 2.06 bits per heavy atom. The van der Waals surface area contributed by atoms with Gasteiger partial charge >= 0.3 is 0 Å². The Kier molecular flexibility index (Phi) is 3.72. The lowest BCUT2D eigenvalue weighted by molar-refractivity contribution is 0.0937. The van der Waals surface area contributed by atoms with Gasteiger partial charge in [-0.25, -0.2) is 0 Å². The molecule has 2 aromatic rings. The summed E-state index contributed by atoms with van der Waals surface area (Å²) in [6.07, 6.45) is 0. The molecule has 0 atom stereocenters. The van der Waals surface area contributed by atoms with Gasteiger partial charge in [-0.1, -0.05) is 36.4 Å². The molecule has 0 aliphatic rings. The van der Waals surface area contributed by atoms with Crippen LogP contribution in [0.2, 0.25) is 0 Å². The molecule has 86 valence electrons. The van der Waals surface area contributed by atoms with Gasteiger partial charge in [-0.15, -0.1) is 5.53 Å². The van der Waals surface area contributed by atoms with Crippen molar-refractivity contribution in [1.29, 1.82) is 0 Å². The van der Waals surface area contributed by atoms with Crippen molar-refractivity contribution in [2.24, 2.45) is 0 Å². The maximum absolute atomic E-state index is 11.6. The van der Waals surface area contributed by atoms with Crippen molar-refractivity contribution < 1.29 is 4.79 Å². The highest BCUT2D eigenvalue weighted by atomic mass is 16.2. The number of hydrogen-bond acceptors (Lipinski definition) is 3. The minimum atomic E-state index is -0.186. The average molecular weight is 227 g/mol. The maximum atomic E-state index is 11.6. The number of carbonyl (C=O) groups is 1. The summed E-state index contributed by atoms with van der Waals surface area (Å²) in [5.74, 6) is -0.186. The van der Waals surface area contributed by atoms with Gasteiger partial charge in [0.15, 0.2) is 0 Å². The Labute approximate surface area is 99.6 Å². The van der Waals surface area contributed by atoms with Gasteiger partial charge in [-0.05, 0) is 24.3 Å². The van der Waals surface area contributed by atoms with E-state index in [1.165, 1.54) is 0 Å². The standard InChI is InChI=1S/C13H13N3O/c17-13(11-7-3-1-4-8-11)15-16-14-12-9-5-2-6-10-12/h1-10,14,16H,(H,15,17). The summed E-state index contributed by atoms with van der Waals surface area (Å²) < 4.78 is 0. The van der Waals surface area contributed by atoms with Gasteiger partial charge in [-0.3, -0.25) is 10.2 Å². The first-order valence-corrected chi connectivity index (χ1v) is 5.28. The van der Waals surface area contributed by atoms with Gasteiger partial charge in [0.2, 0.25) is 0 Å². The van der Waals surface area contributed by atoms with E-state index in [1.807, 2.05) is 48.5 Å². The second-order valence-corrected chi connectivity index (χ2v) is 3.44. The number of para-hydroxylation sites is 1. The highest BCUT2D eigenvalue weighted by Crippen LogP contribution is 2.02. The van der Waals surface area contributed by atoms with E-state index in [0.717, 1.165) is 5.69 Å². The summed E-state index contributed by atoms with van der Waals surface area (Å²) in [7, 11) is 0. The molecule has 0 heterocycles. The molecule has 1 amide bonds. The highest BCUT2D eigenvalue weighted by Gasteiger charge is 2.01. The molecule has 0 saturated carbocycles. The molecule has 0 spiro atoms. The molecule has 0 saturated heterocycles. The molecule has 0 unspecified atom stereocenters. The second-order valence-electron chi connectivity index (χ2n) is 3.44. The molecule has 0 aliphatic heterocycles. The molecule has 0 aromatic heterocycles. The summed E-state index contributed by atoms with van der Waals surface area (Å²) in [6.45, 7) is 0. The van der Waals surface area contributed by atoms with E-state index < -0.39 is 0 Å². The molecule has 0 aliphatic carbocycles. The van der Waals surface area contributed by atoms with Crippen LogP contribution in [0.15, 0.2) is 60.7 Å². The van der Waals surface area contributed by atoms with Crippen LogP contribution in [0.1, 0.15) is 10.4 Å². The van der Waals surface area contributed by atoms with Gasteiger partial charge in [0, 0.05) is 5.56 Å². The number of anilines is 1. The van der Waals surface area contributed by atoms with Gasteiger partial charge in [0.05, 0.1) is 5.69 Å². The van der Waals surface area contributed by atoms with Gasteiger partial charge in [0.25, 0.3) is 5.91 Å². The van der Waals surface area contributed by atoms with Crippen molar-refractivity contribution in [2.45, 2.75) is 0 Å². The normalized spacial score (nSPS) is 9.65. The van der Waals surface area contributed by atoms with E-state index in [-0.39, 0.29) is 5.91 Å². The average Bonchev–Trinajstić information content (AvgIpc) is 2.41. The number of rotatable bonds is 4. The molecular weight excluding hydrogens is 214 g/mol. The summed E-state index contributed by atoms with van der Waals surface area (Å²) >= 11 is 0. The molecule has 3 N–H and O–H groups in total. The van der Waals surface area contributed by atoms with Gasteiger partial charge in [-0.2, -0.15) is 0 Å². The minimum absolute atomic E-state index is 0.186. The minimum Gasteiger partial charge on any atom is -0.304 e. The van der Waals surface area contributed by atoms with E-state index >= 15 is 0 Å². The molecule has 4 nitrogen and oxygen atoms in total. The van der Waals surface area contributed by atoms with Gasteiger partial charge < -0.3 is 5.43 Å². The number of hydrazine groups is 2. The van der Waals surface area contributed by atoms with Crippen LogP contribution in [0.5, 0.6) is 0 Å². The van der Waals surface area contributed by atoms with E-state index in [4.69, 9.17) is 0 Å². The zero-order chi connectivity index (χ0) is 11.9. The lowest BCUT2D eigenvalue weighted by atomic mass is 10.2. The summed E-state index contributed by atoms with van der Waals surface area (Å²) in [5, 5.41) is 0. The van der Waals surface area contributed by atoms with E-state index in [1.54, 1.807) is 12.1 Å². The summed E-state index contributed by atoms with van der Waals surface area (Å²) in [5.41, 5.74) is 9.54. The van der Waals surface area contributed by atoms with Gasteiger partial charge in [0.1, 0.15) is 0 Å². The Balaban J connectivity index is 1.82. The molecule has 0 fully saturated rings. The Morgan fingerprint density at radius 2 is 1.41 bits per heavy atom. The third kappa shape index (κ3) is 3.32. The van der Waals surface area contributed by atoms with Crippen LogP contribution >= 0.6 is 0 Å². The fourth-order valence-corrected chi connectivity index (χ4v) is 1.34. The number of nitrogens with one attached hydrogen (secondary N) is 3. The number of amides is 1. The quantitative estimate of drug-likeness (QED) is 0.700. The number of hydrogen-bond donors (Lipinski definition) is 3. The first-order valence-electron chi connectivity index (χ1n) is 5.28. The zero-order valence-electron chi connectivity index (χ0n) is 9.18. The third-order valence-electron chi connectivity index (χ3n) is 2.19. The Morgan fingerprint density at radius 1 is 0.824 bits per heavy atom. The van der Waals surface area contributed by atoms with Crippen LogP contribution < -0.4 is 16.4 Å². The van der Waals surface area contributed by atoms with Crippen molar-refractivity contribution >= 4 is 11.6 Å². The highest BCUT2D eigenvalue weighted by molar-refractivity contribution is 5.93. The molecule has 17 heavy (non-hydrogen) atoms. The van der Waals surface area contributed by atoms with Crippen molar-refractivity contribution in [3.63, 3.8) is 0 Å². The second kappa shape index (κ2) is 5.67. The topological polar surface area (TPSA) is 53.2 Å². The van der Waals surface area contributed by atoms with Crippen LogP contribution in [-0.4, -0.2) is 5.91 Å². The maximum Gasteiger partial charge on any atom is 0.266 e. The summed E-state index contributed by atoms with van der Waals surface area (Å²) in [4.78, 5) is 11.6. The first-order chi connectivity index (χ1) is 8.36. The molecule has 2 rings (SSSR count). The molecule has 0 radical (unpaired) electrons. The van der Waals surface area contributed by atoms with E-state index in [9.17, 15) is 4.79 Å². The predicted octanol–water partition coefficient (Wildman–Crippen LogP) is 1.95. The molecule has 0 bridgehead atoms. The van der Waals surface area contributed by atoms with E-state index in [2.05, 4.69) is 16.4 Å². The third-order valence-corrected chi connectivity index (χ3v) is 2.19. The van der Waals surface area contributed by atoms with E-state index in [0.29, 0.717) is 5.56 Å². The van der Waals surface area contributed by atoms with Crippen LogP contribution in [0, 0.1) is 0 Å². The Bertz CT molecular complexity index is 471. The lowest BCUT2D eigenvalue weighted by Gasteiger charge is -2.09. The Hall–Kier alpha value is -2.33. The summed E-state index contributed by atoms with van der Waals surface area (Å²) in [6, 6.07) is 18.5. The van der Waals surface area contributed by atoms with Crippen molar-refractivity contribution in [3.8, 4) is 0 Å². The fraction of sp³-hybridized carbons (Fsp3) is 0. The molecular formula is C13H13N3O. The molecule has 2 aromatic carbocycles. The van der Waals surface area contributed by atoms with Crippen molar-refractivity contribution in [3.05, 3.63) is 66.2 Å². The largest absolute Gasteiger partial charge is 0.304 e. The van der Waals surface area contributed by atoms with Crippen LogP contribution in [0.25, 0.3) is 0 Å². The smallest absolute Gasteiger partial charge is 0.266 e. The van der Waals surface area contributed by atoms with Crippen molar-refractivity contribution in [1.82, 2.24) is 11.0 Å². The van der Waals surface area contributed by atoms with Crippen LogP contribution in [0.4, 0.5) is 5.69 Å². The first kappa shape index (κ1) is 11.2.